The van der Waals surface area contributed by atoms with Gasteiger partial charge in [-0.1, -0.05) is 28.1 Å². The second-order valence-corrected chi connectivity index (χ2v) is 7.33. The zero-order valence-corrected chi connectivity index (χ0v) is 11.0. The van der Waals surface area contributed by atoms with Crippen LogP contribution in [0.15, 0.2) is 24.3 Å². The maximum Gasteiger partial charge on any atom is 0.150 e. The molecule has 0 spiro atoms. The number of hydrogen-bond donors (Lipinski definition) is 0. The first-order valence-corrected chi connectivity index (χ1v) is 7.81. The topological polar surface area (TPSA) is 34.1 Å². The lowest BCUT2D eigenvalue weighted by Crippen LogP contribution is -2.10. The Morgan fingerprint density at radius 3 is 2.44 bits per heavy atom. The minimum atomic E-state index is -2.86. The molecule has 0 aromatic heterocycles. The predicted octanol–water partition coefficient (Wildman–Crippen LogP) is 2.70. The lowest BCUT2D eigenvalue weighted by atomic mass is 9.99. The van der Waals surface area contributed by atoms with Crippen molar-refractivity contribution in [2.75, 3.05) is 11.5 Å². The highest BCUT2D eigenvalue weighted by atomic mass is 79.9. The highest BCUT2D eigenvalue weighted by Crippen LogP contribution is 2.37. The van der Waals surface area contributed by atoms with Crippen LogP contribution in [0.5, 0.6) is 0 Å². The Labute approximate surface area is 103 Å². The van der Waals surface area contributed by atoms with Gasteiger partial charge >= 0.3 is 0 Å². The Morgan fingerprint density at radius 2 is 1.94 bits per heavy atom. The SMILES string of the molecule is O=S1(=O)CCC(C(Br)c2ccc(F)cc2)C1. The fourth-order valence-electron chi connectivity index (χ4n) is 1.97. The molecule has 88 valence electrons. The van der Waals surface area contributed by atoms with E-state index in [-0.39, 0.29) is 28.1 Å². The number of rotatable bonds is 2. The summed E-state index contributed by atoms with van der Waals surface area (Å²) in [4.78, 5) is -0.00891. The van der Waals surface area contributed by atoms with E-state index in [1.54, 1.807) is 12.1 Å². The Morgan fingerprint density at radius 1 is 1.31 bits per heavy atom. The fraction of sp³-hybridized carbons (Fsp3) is 0.455. The van der Waals surface area contributed by atoms with Crippen LogP contribution in [-0.4, -0.2) is 19.9 Å². The van der Waals surface area contributed by atoms with Crippen molar-refractivity contribution in [2.45, 2.75) is 11.2 Å². The number of sulfone groups is 1. The van der Waals surface area contributed by atoms with Gasteiger partial charge in [0.1, 0.15) is 5.82 Å². The minimum absolute atomic E-state index is 0.00891. The van der Waals surface area contributed by atoms with Crippen molar-refractivity contribution in [3.05, 3.63) is 35.6 Å². The van der Waals surface area contributed by atoms with E-state index in [2.05, 4.69) is 15.9 Å². The van der Waals surface area contributed by atoms with Crippen molar-refractivity contribution < 1.29 is 12.8 Å². The van der Waals surface area contributed by atoms with E-state index in [1.807, 2.05) is 0 Å². The third-order valence-corrected chi connectivity index (χ3v) is 5.94. The van der Waals surface area contributed by atoms with Gasteiger partial charge in [0.15, 0.2) is 9.84 Å². The summed E-state index contributed by atoms with van der Waals surface area (Å²) in [5, 5.41) is 0. The highest BCUT2D eigenvalue weighted by Gasteiger charge is 2.33. The van der Waals surface area contributed by atoms with Crippen LogP contribution in [0.2, 0.25) is 0 Å². The van der Waals surface area contributed by atoms with Crippen LogP contribution >= 0.6 is 15.9 Å². The van der Waals surface area contributed by atoms with Gasteiger partial charge in [0.05, 0.1) is 11.5 Å². The molecule has 0 aliphatic carbocycles. The number of benzene rings is 1. The molecule has 1 aliphatic heterocycles. The molecule has 5 heteroatoms. The first kappa shape index (κ1) is 12.0. The number of hydrogen-bond acceptors (Lipinski definition) is 2. The van der Waals surface area contributed by atoms with Crippen molar-refractivity contribution in [2.24, 2.45) is 5.92 Å². The van der Waals surface area contributed by atoms with Gasteiger partial charge in [-0.05, 0) is 30.0 Å². The number of alkyl halides is 1. The average Bonchev–Trinajstić information content (AvgIpc) is 2.59. The van der Waals surface area contributed by atoms with E-state index in [9.17, 15) is 12.8 Å². The molecule has 16 heavy (non-hydrogen) atoms. The fourth-order valence-corrected chi connectivity index (χ4v) is 4.82. The van der Waals surface area contributed by atoms with Gasteiger partial charge < -0.3 is 0 Å². The molecule has 2 unspecified atom stereocenters. The molecule has 0 amide bonds. The summed E-state index contributed by atoms with van der Waals surface area (Å²) in [6.45, 7) is 0. The largest absolute Gasteiger partial charge is 0.229 e. The molecule has 1 aromatic rings. The molecule has 0 saturated carbocycles. The first-order valence-electron chi connectivity index (χ1n) is 5.08. The van der Waals surface area contributed by atoms with Crippen molar-refractivity contribution in [1.29, 1.82) is 0 Å². The molecule has 0 bridgehead atoms. The van der Waals surface area contributed by atoms with Crippen LogP contribution in [0.4, 0.5) is 4.39 Å². The lowest BCUT2D eigenvalue weighted by Gasteiger charge is -2.16. The molecule has 1 aliphatic rings. The summed E-state index contributed by atoms with van der Waals surface area (Å²) < 4.78 is 35.4. The zero-order chi connectivity index (χ0) is 11.8. The summed E-state index contributed by atoms with van der Waals surface area (Å²) in [5.74, 6) is 0.305. The van der Waals surface area contributed by atoms with Crippen molar-refractivity contribution >= 4 is 25.8 Å². The molecule has 0 N–H and O–H groups in total. The lowest BCUT2D eigenvalue weighted by molar-refractivity contribution is 0.577. The van der Waals surface area contributed by atoms with Crippen LogP contribution in [0.25, 0.3) is 0 Å². The van der Waals surface area contributed by atoms with E-state index in [4.69, 9.17) is 0 Å². The average molecular weight is 307 g/mol. The maximum absolute atomic E-state index is 12.7. The molecule has 2 rings (SSSR count). The van der Waals surface area contributed by atoms with Gasteiger partial charge in [-0.25, -0.2) is 12.8 Å². The second-order valence-electron chi connectivity index (χ2n) is 4.12. The van der Waals surface area contributed by atoms with Crippen LogP contribution in [0, 0.1) is 11.7 Å². The second kappa shape index (κ2) is 4.45. The van der Waals surface area contributed by atoms with Gasteiger partial charge in [0.25, 0.3) is 0 Å². The smallest absolute Gasteiger partial charge is 0.150 e. The van der Waals surface area contributed by atoms with Gasteiger partial charge in [-0.2, -0.15) is 0 Å². The third kappa shape index (κ3) is 2.63. The summed E-state index contributed by atoms with van der Waals surface area (Å²) in [6.07, 6.45) is 0.676. The Hall–Kier alpha value is -0.420. The molecule has 0 radical (unpaired) electrons. The van der Waals surface area contributed by atoms with Gasteiger partial charge in [-0.3, -0.25) is 0 Å². The van der Waals surface area contributed by atoms with Crippen LogP contribution in [-0.2, 0) is 9.84 Å². The molecule has 1 fully saturated rings. The summed E-state index contributed by atoms with van der Waals surface area (Å²) in [5.41, 5.74) is 0.934. The molecule has 2 atom stereocenters. The van der Waals surface area contributed by atoms with E-state index in [1.165, 1.54) is 12.1 Å². The molecular weight excluding hydrogens is 295 g/mol. The van der Waals surface area contributed by atoms with Crippen molar-refractivity contribution in [3.8, 4) is 0 Å². The standard InChI is InChI=1S/C11H12BrFO2S/c12-11(8-1-3-10(13)4-2-8)9-5-6-16(14,15)7-9/h1-4,9,11H,5-7H2. The Kier molecular flexibility index (Phi) is 3.35. The zero-order valence-electron chi connectivity index (χ0n) is 8.57. The van der Waals surface area contributed by atoms with Crippen molar-refractivity contribution in [1.82, 2.24) is 0 Å². The predicted molar refractivity (Wildman–Crippen MR) is 64.8 cm³/mol. The molecule has 1 saturated heterocycles. The van der Waals surface area contributed by atoms with Crippen LogP contribution < -0.4 is 0 Å². The van der Waals surface area contributed by atoms with Gasteiger partial charge in [-0.15, -0.1) is 0 Å². The summed E-state index contributed by atoms with van der Waals surface area (Å²) in [7, 11) is -2.86. The van der Waals surface area contributed by atoms with Gasteiger partial charge in [0, 0.05) is 4.83 Å². The highest BCUT2D eigenvalue weighted by molar-refractivity contribution is 9.09. The third-order valence-electron chi connectivity index (χ3n) is 2.87. The molecule has 1 heterocycles. The molecule has 2 nitrogen and oxygen atoms in total. The van der Waals surface area contributed by atoms with Crippen LogP contribution in [0.1, 0.15) is 16.8 Å². The van der Waals surface area contributed by atoms with E-state index >= 15 is 0 Å². The summed E-state index contributed by atoms with van der Waals surface area (Å²) in [6, 6.07) is 6.18. The molecular formula is C11H12BrFO2S. The first-order chi connectivity index (χ1) is 7.48. The van der Waals surface area contributed by atoms with E-state index in [0.29, 0.717) is 6.42 Å². The normalized spacial score (nSPS) is 25.5. The minimum Gasteiger partial charge on any atom is -0.229 e. The molecule has 1 aromatic carbocycles. The van der Waals surface area contributed by atoms with Crippen molar-refractivity contribution in [3.63, 3.8) is 0 Å². The quantitative estimate of drug-likeness (QED) is 0.787. The Bertz CT molecular complexity index is 469. The number of halogens is 2. The maximum atomic E-state index is 12.7. The van der Waals surface area contributed by atoms with E-state index < -0.39 is 9.84 Å². The van der Waals surface area contributed by atoms with Crippen LogP contribution in [0.3, 0.4) is 0 Å². The summed E-state index contributed by atoms with van der Waals surface area (Å²) >= 11 is 3.50. The monoisotopic (exact) mass is 306 g/mol. The van der Waals surface area contributed by atoms with Gasteiger partial charge in [0.2, 0.25) is 0 Å². The Balaban J connectivity index is 2.14. The van der Waals surface area contributed by atoms with E-state index in [0.717, 1.165) is 5.56 Å².